The van der Waals surface area contributed by atoms with Gasteiger partial charge in [0.1, 0.15) is 5.56 Å². The number of carbonyl (C=O) groups is 1. The van der Waals surface area contributed by atoms with Gasteiger partial charge in [-0.05, 0) is 25.8 Å². The van der Waals surface area contributed by atoms with Crippen molar-refractivity contribution in [3.63, 3.8) is 0 Å². The van der Waals surface area contributed by atoms with Crippen LogP contribution in [-0.2, 0) is 0 Å². The third-order valence-electron chi connectivity index (χ3n) is 3.88. The van der Waals surface area contributed by atoms with Crippen LogP contribution in [-0.4, -0.2) is 33.3 Å². The monoisotopic (exact) mass is 288 g/mol. The molecule has 0 saturated carbocycles. The number of anilines is 1. The summed E-state index contributed by atoms with van der Waals surface area (Å²) in [4.78, 5) is 15.7. The lowest BCUT2D eigenvalue weighted by atomic mass is 9.93. The molecule has 5 heteroatoms. The molecule has 3 N–H and O–H groups in total. The van der Waals surface area contributed by atoms with Crippen molar-refractivity contribution >= 4 is 22.6 Å². The van der Waals surface area contributed by atoms with Gasteiger partial charge in [0.15, 0.2) is 0 Å². The Balaban J connectivity index is 2.59. The van der Waals surface area contributed by atoms with E-state index in [1.165, 1.54) is 6.20 Å². The van der Waals surface area contributed by atoms with Crippen LogP contribution in [0.1, 0.15) is 37.0 Å². The van der Waals surface area contributed by atoms with E-state index in [0.29, 0.717) is 12.1 Å². The summed E-state index contributed by atoms with van der Waals surface area (Å²) in [6.07, 6.45) is 2.69. The zero-order valence-electron chi connectivity index (χ0n) is 12.3. The van der Waals surface area contributed by atoms with Gasteiger partial charge in [0.2, 0.25) is 0 Å². The highest BCUT2D eigenvalue weighted by atomic mass is 16.4. The Morgan fingerprint density at radius 1 is 1.38 bits per heavy atom. The highest BCUT2D eigenvalue weighted by Gasteiger charge is 2.25. The van der Waals surface area contributed by atoms with E-state index < -0.39 is 5.97 Å². The number of pyridine rings is 1. The maximum atomic E-state index is 11.5. The zero-order valence-corrected chi connectivity index (χ0v) is 12.3. The van der Waals surface area contributed by atoms with Crippen LogP contribution in [0.2, 0.25) is 0 Å². The van der Waals surface area contributed by atoms with E-state index in [9.17, 15) is 15.0 Å². The van der Waals surface area contributed by atoms with Gasteiger partial charge in [0.25, 0.3) is 0 Å². The number of hydrogen-bond acceptors (Lipinski definition) is 4. The number of aromatic nitrogens is 1. The first-order valence-corrected chi connectivity index (χ1v) is 7.01. The third-order valence-corrected chi connectivity index (χ3v) is 3.88. The second-order valence-corrected chi connectivity index (χ2v) is 5.38. The smallest absolute Gasteiger partial charge is 0.339 e. The standard InChI is InChI=1S/C16H20N2O3/c1-3-16(2,8-9-19)18-14-11-6-4-5-7-13(11)17-10-12(14)15(20)21/h4-7,10,19H,3,8-9H2,1-2H3,(H,17,18)(H,20,21). The fourth-order valence-electron chi connectivity index (χ4n) is 2.31. The van der Waals surface area contributed by atoms with Crippen molar-refractivity contribution in [3.8, 4) is 0 Å². The first kappa shape index (κ1) is 15.3. The fourth-order valence-corrected chi connectivity index (χ4v) is 2.31. The Kier molecular flexibility index (Phi) is 4.43. The Hall–Kier alpha value is -2.14. The van der Waals surface area contributed by atoms with E-state index in [-0.39, 0.29) is 17.7 Å². The predicted octanol–water partition coefficient (Wildman–Crippen LogP) is 2.90. The van der Waals surface area contributed by atoms with Crippen molar-refractivity contribution < 1.29 is 15.0 Å². The summed E-state index contributed by atoms with van der Waals surface area (Å²) in [6, 6.07) is 7.43. The van der Waals surface area contributed by atoms with Crippen LogP contribution in [0.25, 0.3) is 10.9 Å². The number of fused-ring (bicyclic) bond motifs is 1. The summed E-state index contributed by atoms with van der Waals surface area (Å²) in [5.41, 5.74) is 1.08. The molecule has 2 rings (SSSR count). The second-order valence-electron chi connectivity index (χ2n) is 5.38. The molecule has 0 amide bonds. The van der Waals surface area contributed by atoms with Crippen LogP contribution in [0.4, 0.5) is 5.69 Å². The van der Waals surface area contributed by atoms with Crippen molar-refractivity contribution in [1.29, 1.82) is 0 Å². The maximum Gasteiger partial charge on any atom is 0.339 e. The van der Waals surface area contributed by atoms with Gasteiger partial charge in [0.05, 0.1) is 11.2 Å². The molecule has 1 aromatic heterocycles. The number of para-hydroxylation sites is 1. The Morgan fingerprint density at radius 3 is 2.71 bits per heavy atom. The molecule has 0 radical (unpaired) electrons. The lowest BCUT2D eigenvalue weighted by Gasteiger charge is -2.31. The molecule has 0 saturated heterocycles. The summed E-state index contributed by atoms with van der Waals surface area (Å²) in [7, 11) is 0. The highest BCUT2D eigenvalue weighted by molar-refractivity contribution is 6.04. The molecule has 1 unspecified atom stereocenters. The molecule has 1 heterocycles. The molecule has 0 aliphatic carbocycles. The van der Waals surface area contributed by atoms with E-state index in [2.05, 4.69) is 10.3 Å². The van der Waals surface area contributed by atoms with Crippen LogP contribution >= 0.6 is 0 Å². The van der Waals surface area contributed by atoms with E-state index in [1.54, 1.807) is 0 Å². The lowest BCUT2D eigenvalue weighted by molar-refractivity contribution is 0.0697. The van der Waals surface area contributed by atoms with Gasteiger partial charge in [-0.25, -0.2) is 4.79 Å². The van der Waals surface area contributed by atoms with Crippen molar-refractivity contribution in [2.24, 2.45) is 0 Å². The third kappa shape index (κ3) is 3.13. The largest absolute Gasteiger partial charge is 0.478 e. The van der Waals surface area contributed by atoms with E-state index >= 15 is 0 Å². The van der Waals surface area contributed by atoms with Gasteiger partial charge >= 0.3 is 5.97 Å². The average Bonchev–Trinajstić information content (AvgIpc) is 2.47. The topological polar surface area (TPSA) is 82.5 Å². The number of aromatic carboxylic acids is 1. The molecule has 0 aliphatic rings. The number of nitrogens with one attached hydrogen (secondary N) is 1. The summed E-state index contributed by atoms with van der Waals surface area (Å²) >= 11 is 0. The number of benzene rings is 1. The minimum atomic E-state index is -1.02. The van der Waals surface area contributed by atoms with Crippen LogP contribution < -0.4 is 5.32 Å². The van der Waals surface area contributed by atoms with Crippen molar-refractivity contribution in [1.82, 2.24) is 4.98 Å². The van der Waals surface area contributed by atoms with Crippen molar-refractivity contribution in [3.05, 3.63) is 36.0 Å². The molecule has 0 bridgehead atoms. The summed E-state index contributed by atoms with van der Waals surface area (Å²) in [5.74, 6) is -1.02. The molecule has 0 spiro atoms. The molecule has 0 aliphatic heterocycles. The minimum Gasteiger partial charge on any atom is -0.478 e. The van der Waals surface area contributed by atoms with E-state index in [1.807, 2.05) is 38.1 Å². The Bertz CT molecular complexity index is 657. The van der Waals surface area contributed by atoms with E-state index in [0.717, 1.165) is 17.3 Å². The van der Waals surface area contributed by atoms with E-state index in [4.69, 9.17) is 0 Å². The van der Waals surface area contributed by atoms with Crippen molar-refractivity contribution in [2.75, 3.05) is 11.9 Å². The first-order chi connectivity index (χ1) is 10.0. The molecular formula is C16H20N2O3. The molecule has 0 fully saturated rings. The number of carboxylic acids is 1. The fraction of sp³-hybridized carbons (Fsp3) is 0.375. The average molecular weight is 288 g/mol. The maximum absolute atomic E-state index is 11.5. The summed E-state index contributed by atoms with van der Waals surface area (Å²) < 4.78 is 0. The van der Waals surface area contributed by atoms with Gasteiger partial charge in [-0.2, -0.15) is 0 Å². The van der Waals surface area contributed by atoms with Crippen LogP contribution in [0.15, 0.2) is 30.5 Å². The van der Waals surface area contributed by atoms with Gasteiger partial charge in [-0.1, -0.05) is 25.1 Å². The second kappa shape index (κ2) is 6.10. The zero-order chi connectivity index (χ0) is 15.5. The highest BCUT2D eigenvalue weighted by Crippen LogP contribution is 2.30. The minimum absolute atomic E-state index is 0.0444. The molecule has 1 atom stereocenters. The number of carboxylic acid groups (broad SMARTS) is 1. The molecule has 2 aromatic rings. The Labute approximate surface area is 123 Å². The lowest BCUT2D eigenvalue weighted by Crippen LogP contribution is -2.35. The molecule has 21 heavy (non-hydrogen) atoms. The number of hydrogen-bond donors (Lipinski definition) is 3. The predicted molar refractivity (Wildman–Crippen MR) is 82.7 cm³/mol. The van der Waals surface area contributed by atoms with Gasteiger partial charge in [0, 0.05) is 23.7 Å². The normalized spacial score (nSPS) is 13.9. The van der Waals surface area contributed by atoms with Gasteiger partial charge in [-0.3, -0.25) is 4.98 Å². The number of nitrogens with zero attached hydrogens (tertiary/aromatic N) is 1. The molecule has 1 aromatic carbocycles. The quantitative estimate of drug-likeness (QED) is 0.761. The number of rotatable bonds is 6. The molecule has 5 nitrogen and oxygen atoms in total. The van der Waals surface area contributed by atoms with Crippen LogP contribution in [0, 0.1) is 0 Å². The Morgan fingerprint density at radius 2 is 2.10 bits per heavy atom. The molecule has 112 valence electrons. The summed E-state index contributed by atoms with van der Waals surface area (Å²) in [5, 5.41) is 22.7. The molecular weight excluding hydrogens is 268 g/mol. The SMILES string of the molecule is CCC(C)(CCO)Nc1c(C(=O)O)cnc2ccccc12. The number of aliphatic hydroxyl groups excluding tert-OH is 1. The van der Waals surface area contributed by atoms with Crippen LogP contribution in [0.3, 0.4) is 0 Å². The summed E-state index contributed by atoms with van der Waals surface area (Å²) in [6.45, 7) is 4.03. The van der Waals surface area contributed by atoms with Crippen molar-refractivity contribution in [2.45, 2.75) is 32.2 Å². The van der Waals surface area contributed by atoms with Crippen LogP contribution in [0.5, 0.6) is 0 Å². The van der Waals surface area contributed by atoms with Gasteiger partial charge < -0.3 is 15.5 Å². The van der Waals surface area contributed by atoms with Gasteiger partial charge in [-0.15, -0.1) is 0 Å². The first-order valence-electron chi connectivity index (χ1n) is 7.01. The number of aliphatic hydroxyl groups is 1.